The van der Waals surface area contributed by atoms with Gasteiger partial charge in [-0.2, -0.15) is 0 Å². The molecule has 11 nitrogen and oxygen atoms in total. The zero-order valence-corrected chi connectivity index (χ0v) is 30.4. The molecule has 4 aromatic rings. The summed E-state index contributed by atoms with van der Waals surface area (Å²) in [5, 5.41) is 8.91. The molecular formula is C38H45BF2N6O5. The van der Waals surface area contributed by atoms with Gasteiger partial charge in [0.05, 0.1) is 83.1 Å². The lowest BCUT2D eigenvalue weighted by Gasteiger charge is -2.34. The van der Waals surface area contributed by atoms with E-state index in [1.807, 2.05) is 74.7 Å². The lowest BCUT2D eigenvalue weighted by molar-refractivity contribution is -0.363. The second-order valence-corrected chi connectivity index (χ2v) is 13.3. The molecule has 2 aromatic carbocycles. The Bertz CT molecular complexity index is 2020. The maximum Gasteiger partial charge on any atom is 0.737 e. The zero-order valence-electron chi connectivity index (χ0n) is 30.4. The van der Waals surface area contributed by atoms with E-state index in [4.69, 9.17) is 23.7 Å². The fraction of sp³-hybridized carbons (Fsp3) is 0.395. The zero-order chi connectivity index (χ0) is 36.4. The second kappa shape index (κ2) is 15.2. The van der Waals surface area contributed by atoms with E-state index in [-0.39, 0.29) is 0 Å². The third-order valence-electron chi connectivity index (χ3n) is 9.79. The van der Waals surface area contributed by atoms with Crippen LogP contribution in [0.5, 0.6) is 5.75 Å². The van der Waals surface area contributed by atoms with Gasteiger partial charge in [-0.3, -0.25) is 0 Å². The van der Waals surface area contributed by atoms with Gasteiger partial charge in [-0.25, -0.2) is 4.68 Å². The third-order valence-corrected chi connectivity index (χ3v) is 9.79. The summed E-state index contributed by atoms with van der Waals surface area (Å²) in [6.45, 7) is 8.76. The summed E-state index contributed by atoms with van der Waals surface area (Å²) in [6, 6.07) is 15.6. The van der Waals surface area contributed by atoms with Crippen molar-refractivity contribution in [2.45, 2.75) is 27.7 Å². The maximum atomic E-state index is 16.1. The van der Waals surface area contributed by atoms with Gasteiger partial charge in [0, 0.05) is 42.9 Å². The van der Waals surface area contributed by atoms with Crippen LogP contribution in [0.3, 0.4) is 0 Å². The molecule has 3 aliphatic rings. The van der Waals surface area contributed by atoms with Crippen LogP contribution in [0.25, 0.3) is 22.5 Å². The molecule has 52 heavy (non-hydrogen) atoms. The third kappa shape index (κ3) is 6.83. The highest BCUT2D eigenvalue weighted by atomic mass is 19.2. The Morgan fingerprint density at radius 1 is 0.788 bits per heavy atom. The molecule has 5 heterocycles. The molecule has 0 saturated carbocycles. The fourth-order valence-electron chi connectivity index (χ4n) is 7.44. The minimum Gasteiger partial charge on any atom is -0.495 e. The molecular weight excluding hydrogens is 669 g/mol. The lowest BCUT2D eigenvalue weighted by atomic mass is 9.84. The second-order valence-electron chi connectivity index (χ2n) is 13.3. The number of anilines is 1. The van der Waals surface area contributed by atoms with Crippen molar-refractivity contribution in [2.24, 2.45) is 0 Å². The van der Waals surface area contributed by atoms with Crippen LogP contribution in [0, 0.1) is 13.8 Å². The lowest BCUT2D eigenvalue weighted by Crippen LogP contribution is -2.51. The Morgan fingerprint density at radius 3 is 2.04 bits per heavy atom. The molecule has 2 aromatic heterocycles. The van der Waals surface area contributed by atoms with Gasteiger partial charge in [0.1, 0.15) is 17.2 Å². The number of aromatic nitrogens is 4. The first-order chi connectivity index (χ1) is 25.2. The number of aryl methyl sites for hydroxylation is 2. The van der Waals surface area contributed by atoms with E-state index in [1.54, 1.807) is 25.6 Å². The van der Waals surface area contributed by atoms with Gasteiger partial charge in [0.25, 0.3) is 0 Å². The van der Waals surface area contributed by atoms with Crippen LogP contribution in [-0.2, 0) is 18.9 Å². The molecule has 0 atom stereocenters. The number of ether oxygens (including phenoxy) is 5. The van der Waals surface area contributed by atoms with Gasteiger partial charge >= 0.3 is 6.97 Å². The van der Waals surface area contributed by atoms with Crippen LogP contribution in [0.1, 0.15) is 36.4 Å². The predicted molar refractivity (Wildman–Crippen MR) is 197 cm³/mol. The Labute approximate surface area is 302 Å². The van der Waals surface area contributed by atoms with Crippen molar-refractivity contribution in [3.05, 3.63) is 94.6 Å². The number of methoxy groups -OCH3 is 1. The van der Waals surface area contributed by atoms with Crippen LogP contribution in [0.4, 0.5) is 14.3 Å². The van der Waals surface area contributed by atoms with Crippen LogP contribution < -0.4 is 9.64 Å². The van der Waals surface area contributed by atoms with Gasteiger partial charge in [-0.05, 0) is 67.9 Å². The summed E-state index contributed by atoms with van der Waals surface area (Å²) in [7, 11) is 1.65. The average molecular weight is 715 g/mol. The molecule has 0 unspecified atom stereocenters. The highest BCUT2D eigenvalue weighted by Crippen LogP contribution is 2.44. The molecule has 7 rings (SSSR count). The van der Waals surface area contributed by atoms with E-state index in [0.717, 1.165) is 39.2 Å². The van der Waals surface area contributed by atoms with Crippen molar-refractivity contribution < 1.29 is 36.8 Å². The largest absolute Gasteiger partial charge is 0.737 e. The Kier molecular flexibility index (Phi) is 10.4. The number of hydrogen-bond acceptors (Lipinski definition) is 8. The quantitative estimate of drug-likeness (QED) is 0.245. The van der Waals surface area contributed by atoms with Crippen molar-refractivity contribution in [3.63, 3.8) is 0 Å². The van der Waals surface area contributed by atoms with Crippen LogP contribution >= 0.6 is 0 Å². The van der Waals surface area contributed by atoms with Crippen molar-refractivity contribution in [2.75, 3.05) is 78.0 Å². The van der Waals surface area contributed by atoms with Gasteiger partial charge in [0.2, 0.25) is 0 Å². The summed E-state index contributed by atoms with van der Waals surface area (Å²) < 4.78 is 64.9. The Hall–Kier alpha value is -4.63. The number of halogens is 2. The fourth-order valence-corrected chi connectivity index (χ4v) is 7.44. The highest BCUT2D eigenvalue weighted by Gasteiger charge is 2.55. The normalized spacial score (nSPS) is 18.8. The molecule has 0 bridgehead atoms. The SMILES string of the molecule is COc1cc(-c2cn(-c3ccc(C4=C5C(C)=CC(C)=[N+]5[B-](F)(F)n5c(C)cc(C)c54)cc3)nn2)ccc1N1CCOCCOCCOCCOCC1. The smallest absolute Gasteiger partial charge is 0.495 e. The molecule has 0 spiro atoms. The standard InChI is InChI=1S/C38H45BF2N6O5/c1-26-22-28(3)46-37(26)36(38-27(2)23-29(4)47(38)39(46,40)41)30-6-9-32(10-7-30)45-25-33(42-43-45)31-8-11-34(35(24-31)48-5)44-12-14-49-16-18-51-20-21-52-19-17-50-15-13-44/h6-11,22-25H,12-21H2,1-5H3. The van der Waals surface area contributed by atoms with E-state index in [1.165, 1.54) is 8.96 Å². The molecule has 1 saturated heterocycles. The molecule has 1 fully saturated rings. The van der Waals surface area contributed by atoms with Crippen molar-refractivity contribution in [3.8, 4) is 22.7 Å². The van der Waals surface area contributed by atoms with Gasteiger partial charge in [0.15, 0.2) is 5.70 Å². The van der Waals surface area contributed by atoms with Crippen molar-refractivity contribution in [1.82, 2.24) is 19.5 Å². The number of hydrogen-bond donors (Lipinski definition) is 0. The number of fused-ring (bicyclic) bond motifs is 2. The first-order valence-electron chi connectivity index (χ1n) is 17.7. The van der Waals surface area contributed by atoms with Crippen LogP contribution in [0.2, 0.25) is 0 Å². The van der Waals surface area contributed by atoms with E-state index in [9.17, 15) is 0 Å². The molecule has 3 aliphatic heterocycles. The average Bonchev–Trinajstić information content (AvgIpc) is 3.83. The van der Waals surface area contributed by atoms with E-state index in [0.29, 0.717) is 100 Å². The molecule has 0 aliphatic carbocycles. The van der Waals surface area contributed by atoms with Gasteiger partial charge in [-0.1, -0.05) is 23.4 Å². The van der Waals surface area contributed by atoms with E-state index in [2.05, 4.69) is 15.2 Å². The first kappa shape index (κ1) is 35.8. The molecule has 14 heteroatoms. The summed E-state index contributed by atoms with van der Waals surface area (Å²) in [6.07, 6.45) is 3.71. The minimum absolute atomic E-state index is 0.513. The summed E-state index contributed by atoms with van der Waals surface area (Å²) in [5.41, 5.74) is 8.72. The van der Waals surface area contributed by atoms with E-state index >= 15 is 8.63 Å². The van der Waals surface area contributed by atoms with E-state index < -0.39 is 6.97 Å². The summed E-state index contributed by atoms with van der Waals surface area (Å²) in [4.78, 5) is 2.19. The van der Waals surface area contributed by atoms with Gasteiger partial charge in [-0.15, -0.1) is 5.10 Å². The molecule has 0 radical (unpaired) electrons. The molecule has 0 N–H and O–H groups in total. The molecule has 0 amide bonds. The maximum absolute atomic E-state index is 16.1. The monoisotopic (exact) mass is 714 g/mol. The topological polar surface area (TPSA) is 88.0 Å². The number of nitrogens with zero attached hydrogens (tertiary/aromatic N) is 6. The number of allylic oxidation sites excluding steroid dienone is 2. The van der Waals surface area contributed by atoms with Crippen LogP contribution in [-0.4, -0.2) is 110 Å². The summed E-state index contributed by atoms with van der Waals surface area (Å²) in [5.74, 6) is 0.697. The number of rotatable bonds is 5. The predicted octanol–water partition coefficient (Wildman–Crippen LogP) is 5.68. The Balaban J connectivity index is 1.13. The van der Waals surface area contributed by atoms with Gasteiger partial charge < -0.3 is 46.2 Å². The summed E-state index contributed by atoms with van der Waals surface area (Å²) >= 11 is 0. The molecule has 274 valence electrons. The van der Waals surface area contributed by atoms with Crippen molar-refractivity contribution >= 4 is 23.9 Å². The first-order valence-corrected chi connectivity index (χ1v) is 17.7. The van der Waals surface area contributed by atoms with Crippen LogP contribution in [0.15, 0.2) is 72.1 Å². The number of benzene rings is 2. The Morgan fingerprint density at radius 2 is 1.40 bits per heavy atom. The highest BCUT2D eigenvalue weighted by molar-refractivity contribution is 6.58. The van der Waals surface area contributed by atoms with Crippen molar-refractivity contribution in [1.29, 1.82) is 0 Å². The minimum atomic E-state index is -4.03.